The number of hydrogen-bond acceptors (Lipinski definition) is 1. The van der Waals surface area contributed by atoms with Crippen LogP contribution < -0.4 is 7.55 Å². The molecular formula is C28H58N2Sn2. The molecule has 2 nitrogen and oxygen atoms in total. The van der Waals surface area contributed by atoms with Gasteiger partial charge in [0.15, 0.2) is 0 Å². The molecule has 0 unspecified atom stereocenters. The van der Waals surface area contributed by atoms with Crippen LogP contribution in [-0.2, 0) is 7.05 Å². The Bertz CT molecular complexity index is 553. The van der Waals surface area contributed by atoms with Crippen molar-refractivity contribution in [3.8, 4) is 0 Å². The van der Waals surface area contributed by atoms with E-state index >= 15 is 0 Å². The molecule has 0 N–H and O–H groups in total. The number of imidazole rings is 1. The van der Waals surface area contributed by atoms with Gasteiger partial charge in [-0.3, -0.25) is 0 Å². The number of aryl methyl sites for hydroxylation is 1. The second kappa shape index (κ2) is 17.3. The zero-order valence-corrected chi connectivity index (χ0v) is 28.9. The number of aromatic nitrogens is 2. The molecule has 1 heterocycles. The van der Waals surface area contributed by atoms with Gasteiger partial charge >= 0.3 is 212 Å². The summed E-state index contributed by atoms with van der Waals surface area (Å²) in [4.78, 5) is 5.82. The molecule has 1 rings (SSSR count). The summed E-state index contributed by atoms with van der Waals surface area (Å²) in [6.07, 6.45) is 19.3. The summed E-state index contributed by atoms with van der Waals surface area (Å²) in [6.45, 7) is 14.3. The van der Waals surface area contributed by atoms with Crippen LogP contribution >= 0.6 is 0 Å². The zero-order valence-electron chi connectivity index (χ0n) is 23.2. The monoisotopic (exact) mass is 662 g/mol. The Morgan fingerprint density at radius 1 is 0.562 bits per heavy atom. The third kappa shape index (κ3) is 9.11. The zero-order chi connectivity index (χ0) is 23.9. The third-order valence-electron chi connectivity index (χ3n) is 7.95. The van der Waals surface area contributed by atoms with Crippen LogP contribution in [0, 0.1) is 0 Å². The summed E-state index contributed by atoms with van der Waals surface area (Å²) in [6, 6.07) is 0. The Morgan fingerprint density at radius 2 is 0.875 bits per heavy atom. The predicted molar refractivity (Wildman–Crippen MR) is 152 cm³/mol. The van der Waals surface area contributed by atoms with Gasteiger partial charge in [0.25, 0.3) is 0 Å². The van der Waals surface area contributed by atoms with Gasteiger partial charge in [-0.25, -0.2) is 0 Å². The number of unbranched alkanes of at least 4 members (excludes halogenated alkanes) is 6. The molecule has 0 spiro atoms. The van der Waals surface area contributed by atoms with E-state index in [0.717, 1.165) is 0 Å². The molecule has 0 atom stereocenters. The first-order valence-corrected chi connectivity index (χ1v) is 29.5. The van der Waals surface area contributed by atoms with Gasteiger partial charge in [0.05, 0.1) is 0 Å². The Balaban J connectivity index is 3.51. The van der Waals surface area contributed by atoms with Gasteiger partial charge in [-0.2, -0.15) is 0 Å². The van der Waals surface area contributed by atoms with Crippen molar-refractivity contribution in [2.45, 2.75) is 145 Å². The number of nitrogens with zero attached hydrogens (tertiary/aromatic N) is 2. The van der Waals surface area contributed by atoms with Crippen LogP contribution in [0.4, 0.5) is 0 Å². The first kappa shape index (κ1) is 30.8. The molecule has 0 bridgehead atoms. The normalized spacial score (nSPS) is 12.6. The van der Waals surface area contributed by atoms with Crippen LogP contribution in [0.5, 0.6) is 0 Å². The van der Waals surface area contributed by atoms with E-state index in [-0.39, 0.29) is 0 Å². The molecule has 4 heteroatoms. The Hall–Kier alpha value is 0.807. The van der Waals surface area contributed by atoms with E-state index in [0.29, 0.717) is 0 Å². The summed E-state index contributed by atoms with van der Waals surface area (Å²) < 4.78 is 15.2. The SMILES string of the molecule is CCC[CH2][Sn]([CH2]CCC)([CH2]CCC)[c]1cn(C)[c]([Sn]([CH2]CCC)([CH2]CCC)[CH2]CCC)n1. The average molecular weight is 660 g/mol. The fraction of sp³-hybridized carbons (Fsp3) is 0.893. The molecular weight excluding hydrogens is 602 g/mol. The average Bonchev–Trinajstić information content (AvgIpc) is 3.21. The van der Waals surface area contributed by atoms with Crippen molar-refractivity contribution >= 4 is 44.3 Å². The molecule has 0 aromatic carbocycles. The first-order chi connectivity index (χ1) is 15.5. The summed E-state index contributed by atoms with van der Waals surface area (Å²) in [7, 11) is 2.39. The maximum atomic E-state index is 5.82. The van der Waals surface area contributed by atoms with Crippen LogP contribution in [0.3, 0.4) is 0 Å². The minimum atomic E-state index is -2.49. The fourth-order valence-corrected chi connectivity index (χ4v) is 38.4. The number of hydrogen-bond donors (Lipinski definition) is 0. The number of rotatable bonds is 20. The van der Waals surface area contributed by atoms with Gasteiger partial charge in [-0.05, 0) is 0 Å². The molecule has 0 saturated carbocycles. The van der Waals surface area contributed by atoms with E-state index < -0.39 is 36.8 Å². The van der Waals surface area contributed by atoms with Gasteiger partial charge in [0.1, 0.15) is 0 Å². The van der Waals surface area contributed by atoms with Crippen LogP contribution in [0.1, 0.15) is 119 Å². The van der Waals surface area contributed by atoms with Gasteiger partial charge in [-0.1, -0.05) is 0 Å². The minimum absolute atomic E-state index is 1.35. The molecule has 0 aliphatic heterocycles. The molecule has 0 aliphatic rings. The van der Waals surface area contributed by atoms with Gasteiger partial charge in [-0.15, -0.1) is 0 Å². The predicted octanol–water partition coefficient (Wildman–Crippen LogP) is 8.53. The molecule has 0 saturated heterocycles. The van der Waals surface area contributed by atoms with Gasteiger partial charge in [0, 0.05) is 0 Å². The van der Waals surface area contributed by atoms with Crippen molar-refractivity contribution in [2.24, 2.45) is 7.05 Å². The van der Waals surface area contributed by atoms with Crippen molar-refractivity contribution in [3.05, 3.63) is 6.20 Å². The van der Waals surface area contributed by atoms with Crippen LogP contribution in [0.2, 0.25) is 26.6 Å². The van der Waals surface area contributed by atoms with Crippen molar-refractivity contribution < 1.29 is 0 Å². The molecule has 32 heavy (non-hydrogen) atoms. The van der Waals surface area contributed by atoms with Crippen molar-refractivity contribution in [3.63, 3.8) is 0 Å². The topological polar surface area (TPSA) is 17.8 Å². The fourth-order valence-electron chi connectivity index (χ4n) is 5.78. The van der Waals surface area contributed by atoms with E-state index in [1.54, 1.807) is 20.9 Å². The molecule has 0 fully saturated rings. The van der Waals surface area contributed by atoms with E-state index in [1.165, 1.54) is 90.4 Å². The summed E-state index contributed by atoms with van der Waals surface area (Å²) in [5, 5.41) is 0. The van der Waals surface area contributed by atoms with Crippen LogP contribution in [0.25, 0.3) is 0 Å². The molecule has 0 radical (unpaired) electrons. The second-order valence-electron chi connectivity index (χ2n) is 10.7. The second-order valence-corrected chi connectivity index (χ2v) is 36.7. The van der Waals surface area contributed by atoms with Gasteiger partial charge < -0.3 is 0 Å². The van der Waals surface area contributed by atoms with Crippen molar-refractivity contribution in [2.75, 3.05) is 0 Å². The molecule has 0 amide bonds. The summed E-state index contributed by atoms with van der Waals surface area (Å²) in [5.74, 6) is 0. The molecule has 1 aromatic rings. The van der Waals surface area contributed by atoms with Crippen molar-refractivity contribution in [1.29, 1.82) is 0 Å². The van der Waals surface area contributed by atoms with E-state index in [2.05, 4.69) is 59.4 Å². The third-order valence-corrected chi connectivity index (χ3v) is 38.2. The summed E-state index contributed by atoms with van der Waals surface area (Å²) in [5.41, 5.74) is 0. The maximum absolute atomic E-state index is 5.82. The molecule has 1 aromatic heterocycles. The van der Waals surface area contributed by atoms with E-state index in [4.69, 9.17) is 4.98 Å². The quantitative estimate of drug-likeness (QED) is 0.128. The van der Waals surface area contributed by atoms with E-state index in [9.17, 15) is 0 Å². The standard InChI is InChI=1S/C4H4N2.6C4H9.2Sn/c1-6-3-2-5-4-6;6*1-3-4-2;;/h3H,1H3;6*1,3-4H2,2H3;;. The van der Waals surface area contributed by atoms with E-state index in [1.807, 2.05) is 0 Å². The Kier molecular flexibility index (Phi) is 16.6. The first-order valence-electron chi connectivity index (χ1n) is 14.5. The van der Waals surface area contributed by atoms with Crippen LogP contribution in [0.15, 0.2) is 6.20 Å². The Labute approximate surface area is 210 Å². The Morgan fingerprint density at radius 3 is 1.19 bits per heavy atom. The molecule has 188 valence electrons. The summed E-state index contributed by atoms with van der Waals surface area (Å²) >= 11 is -4.94. The van der Waals surface area contributed by atoms with Crippen molar-refractivity contribution in [1.82, 2.24) is 9.55 Å². The van der Waals surface area contributed by atoms with Crippen LogP contribution in [-0.4, -0.2) is 46.3 Å². The molecule has 0 aliphatic carbocycles. The van der Waals surface area contributed by atoms with Gasteiger partial charge in [0.2, 0.25) is 0 Å².